The van der Waals surface area contributed by atoms with Gasteiger partial charge in [-0.1, -0.05) is 53.6 Å². The summed E-state index contributed by atoms with van der Waals surface area (Å²) in [6.45, 7) is -0.0347. The number of Topliss-reactive ketones (excluding diaryl/α,β-unsaturated/α-hetero) is 1. The van der Waals surface area contributed by atoms with E-state index in [-0.39, 0.29) is 12.3 Å². The molecule has 0 heterocycles. The van der Waals surface area contributed by atoms with Crippen molar-refractivity contribution in [2.45, 2.75) is 16.2 Å². The Morgan fingerprint density at radius 3 is 2.31 bits per heavy atom. The molecule has 134 valence electrons. The maximum atomic E-state index is 13.1. The van der Waals surface area contributed by atoms with E-state index in [4.69, 9.17) is 5.53 Å². The third-order valence-corrected chi connectivity index (χ3v) is 4.91. The zero-order valence-electron chi connectivity index (χ0n) is 14.2. The van der Waals surface area contributed by atoms with E-state index in [1.165, 1.54) is 18.8 Å². The molecular formula is C18H19N5O2S. The number of hydrogen-bond donors (Lipinski definition) is 2. The van der Waals surface area contributed by atoms with Gasteiger partial charge in [-0.25, -0.2) is 4.79 Å². The van der Waals surface area contributed by atoms with Crippen molar-refractivity contribution >= 4 is 23.6 Å². The Kier molecular flexibility index (Phi) is 7.54. The van der Waals surface area contributed by atoms with Crippen LogP contribution < -0.4 is 10.6 Å². The van der Waals surface area contributed by atoms with Crippen LogP contribution >= 0.6 is 11.8 Å². The fourth-order valence-corrected chi connectivity index (χ4v) is 3.48. The molecule has 2 aromatic carbocycles. The highest BCUT2D eigenvalue weighted by Crippen LogP contribution is 2.28. The highest BCUT2D eigenvalue weighted by molar-refractivity contribution is 8.00. The second kappa shape index (κ2) is 10.1. The smallest absolute Gasteiger partial charge is 0.314 e. The Hall–Kier alpha value is -2.96. The molecule has 0 aliphatic rings. The molecule has 0 aliphatic carbocycles. The predicted molar refractivity (Wildman–Crippen MR) is 102 cm³/mol. The van der Waals surface area contributed by atoms with Crippen LogP contribution in [0, 0.1) is 0 Å². The number of amides is 2. The van der Waals surface area contributed by atoms with Crippen molar-refractivity contribution in [2.75, 3.05) is 13.6 Å². The molecule has 0 spiro atoms. The van der Waals surface area contributed by atoms with Crippen LogP contribution in [0.25, 0.3) is 10.4 Å². The lowest BCUT2D eigenvalue weighted by atomic mass is 10.0. The van der Waals surface area contributed by atoms with Gasteiger partial charge in [-0.2, -0.15) is 0 Å². The van der Waals surface area contributed by atoms with Crippen LogP contribution in [0.3, 0.4) is 0 Å². The molecule has 0 aliphatic heterocycles. The molecule has 2 unspecified atom stereocenters. The fourth-order valence-electron chi connectivity index (χ4n) is 2.31. The fraction of sp³-hybridized carbons (Fsp3) is 0.222. The van der Waals surface area contributed by atoms with Crippen molar-refractivity contribution in [2.24, 2.45) is 5.11 Å². The van der Waals surface area contributed by atoms with Crippen LogP contribution in [-0.4, -0.2) is 36.7 Å². The molecule has 0 aromatic heterocycles. The molecule has 26 heavy (non-hydrogen) atoms. The summed E-state index contributed by atoms with van der Waals surface area (Å²) in [4.78, 5) is 28.6. The van der Waals surface area contributed by atoms with Gasteiger partial charge in [0, 0.05) is 29.0 Å². The van der Waals surface area contributed by atoms with Crippen LogP contribution in [0.1, 0.15) is 10.4 Å². The Bertz CT molecular complexity index is 779. The molecule has 0 saturated heterocycles. The predicted octanol–water partition coefficient (Wildman–Crippen LogP) is 3.64. The van der Waals surface area contributed by atoms with Crippen LogP contribution in [0.4, 0.5) is 4.79 Å². The minimum atomic E-state index is -0.663. The second-order valence-electron chi connectivity index (χ2n) is 5.33. The van der Waals surface area contributed by atoms with Crippen molar-refractivity contribution < 1.29 is 9.59 Å². The zero-order valence-corrected chi connectivity index (χ0v) is 15.0. The number of urea groups is 1. The van der Waals surface area contributed by atoms with Gasteiger partial charge < -0.3 is 10.6 Å². The summed E-state index contributed by atoms with van der Waals surface area (Å²) in [6.07, 6.45) is 0. The molecule has 2 amide bonds. The van der Waals surface area contributed by atoms with E-state index >= 15 is 0 Å². The van der Waals surface area contributed by atoms with Gasteiger partial charge in [0.05, 0.1) is 11.3 Å². The Balaban J connectivity index is 2.36. The van der Waals surface area contributed by atoms with E-state index in [9.17, 15) is 9.59 Å². The van der Waals surface area contributed by atoms with Crippen LogP contribution in [0.5, 0.6) is 0 Å². The number of ketones is 1. The topological polar surface area (TPSA) is 107 Å². The highest BCUT2D eigenvalue weighted by Gasteiger charge is 2.31. The van der Waals surface area contributed by atoms with Crippen LogP contribution in [0.15, 0.2) is 70.7 Å². The van der Waals surface area contributed by atoms with Crippen LogP contribution in [-0.2, 0) is 0 Å². The lowest BCUT2D eigenvalue weighted by molar-refractivity contribution is 0.0979. The van der Waals surface area contributed by atoms with Gasteiger partial charge in [-0.15, -0.1) is 11.8 Å². The lowest BCUT2D eigenvalue weighted by Crippen LogP contribution is -2.50. The van der Waals surface area contributed by atoms with Gasteiger partial charge in [0.1, 0.15) is 0 Å². The molecule has 0 saturated carbocycles. The number of nitrogens with one attached hydrogen (secondary N) is 2. The molecule has 0 fully saturated rings. The van der Waals surface area contributed by atoms with Gasteiger partial charge in [0.2, 0.25) is 0 Å². The van der Waals surface area contributed by atoms with Crippen LogP contribution in [0.2, 0.25) is 0 Å². The SMILES string of the molecule is CNC(=O)NC(CN=[N+]=[N-])C(Sc1ccccc1)C(=O)c1ccccc1. The maximum Gasteiger partial charge on any atom is 0.314 e. The first-order chi connectivity index (χ1) is 12.7. The molecule has 0 radical (unpaired) electrons. The van der Waals surface area contributed by atoms with Crippen molar-refractivity contribution in [3.8, 4) is 0 Å². The number of nitrogens with zero attached hydrogens (tertiary/aromatic N) is 3. The first kappa shape index (κ1) is 19.4. The summed E-state index contributed by atoms with van der Waals surface area (Å²) >= 11 is 1.33. The number of thioether (sulfide) groups is 1. The van der Waals surface area contributed by atoms with E-state index in [0.717, 1.165) is 4.90 Å². The Morgan fingerprint density at radius 2 is 1.73 bits per heavy atom. The van der Waals surface area contributed by atoms with Gasteiger partial charge in [0.25, 0.3) is 0 Å². The zero-order chi connectivity index (χ0) is 18.8. The number of carbonyl (C=O) groups excluding carboxylic acids is 2. The normalized spacial score (nSPS) is 12.3. The molecule has 0 bridgehead atoms. The average Bonchev–Trinajstić information content (AvgIpc) is 2.70. The first-order valence-electron chi connectivity index (χ1n) is 7.95. The first-order valence-corrected chi connectivity index (χ1v) is 8.83. The summed E-state index contributed by atoms with van der Waals surface area (Å²) in [7, 11) is 1.48. The standard InChI is InChI=1S/C18H19N5O2S/c1-20-18(25)22-15(12-21-23-19)17(26-14-10-6-3-7-11-14)16(24)13-8-4-2-5-9-13/h2-11,15,17H,12H2,1H3,(H2,20,22,25). The monoisotopic (exact) mass is 369 g/mol. The third-order valence-electron chi connectivity index (χ3n) is 3.57. The lowest BCUT2D eigenvalue weighted by Gasteiger charge is -2.25. The summed E-state index contributed by atoms with van der Waals surface area (Å²) < 4.78 is 0. The molecular weight excluding hydrogens is 350 g/mol. The largest absolute Gasteiger partial charge is 0.341 e. The summed E-state index contributed by atoms with van der Waals surface area (Å²) in [5.41, 5.74) is 9.20. The molecule has 2 rings (SSSR count). The molecule has 2 N–H and O–H groups in total. The number of hydrogen-bond acceptors (Lipinski definition) is 4. The van der Waals surface area contributed by atoms with E-state index < -0.39 is 17.3 Å². The summed E-state index contributed by atoms with van der Waals surface area (Å²) in [5.74, 6) is -0.144. The highest BCUT2D eigenvalue weighted by atomic mass is 32.2. The molecule has 8 heteroatoms. The minimum absolute atomic E-state index is 0.0347. The number of carbonyl (C=O) groups is 2. The van der Waals surface area contributed by atoms with Gasteiger partial charge >= 0.3 is 6.03 Å². The van der Waals surface area contributed by atoms with E-state index in [1.54, 1.807) is 24.3 Å². The quantitative estimate of drug-likeness (QED) is 0.244. The second-order valence-corrected chi connectivity index (χ2v) is 6.54. The van der Waals surface area contributed by atoms with Crippen molar-refractivity contribution in [3.05, 3.63) is 76.7 Å². The van der Waals surface area contributed by atoms with Gasteiger partial charge in [0.15, 0.2) is 5.78 Å². The summed E-state index contributed by atoms with van der Waals surface area (Å²) in [6, 6.07) is 17.2. The molecule has 2 aromatic rings. The Morgan fingerprint density at radius 1 is 1.12 bits per heavy atom. The number of azide groups is 1. The van der Waals surface area contributed by atoms with Crippen molar-refractivity contribution in [3.63, 3.8) is 0 Å². The van der Waals surface area contributed by atoms with E-state index in [1.807, 2.05) is 36.4 Å². The number of benzene rings is 2. The minimum Gasteiger partial charge on any atom is -0.341 e. The third kappa shape index (κ3) is 5.54. The average molecular weight is 369 g/mol. The van der Waals surface area contributed by atoms with Crippen molar-refractivity contribution in [1.29, 1.82) is 0 Å². The molecule has 7 nitrogen and oxygen atoms in total. The van der Waals surface area contributed by atoms with E-state index in [2.05, 4.69) is 20.7 Å². The van der Waals surface area contributed by atoms with E-state index in [0.29, 0.717) is 5.56 Å². The number of rotatable bonds is 8. The molecule has 2 atom stereocenters. The van der Waals surface area contributed by atoms with Gasteiger partial charge in [-0.05, 0) is 17.7 Å². The van der Waals surface area contributed by atoms with Crippen molar-refractivity contribution in [1.82, 2.24) is 10.6 Å². The van der Waals surface area contributed by atoms with Gasteiger partial charge in [-0.3, -0.25) is 4.79 Å². The Labute approximate surface area is 155 Å². The maximum absolute atomic E-state index is 13.1. The summed E-state index contributed by atoms with van der Waals surface area (Å²) in [5, 5.41) is 8.10.